The van der Waals surface area contributed by atoms with Gasteiger partial charge in [0.25, 0.3) is 0 Å². The number of benzene rings is 1. The van der Waals surface area contributed by atoms with E-state index in [0.717, 1.165) is 6.07 Å². The van der Waals surface area contributed by atoms with Crippen molar-refractivity contribution in [1.29, 1.82) is 0 Å². The number of halogens is 4. The van der Waals surface area contributed by atoms with E-state index in [1.165, 1.54) is 12.1 Å². The molecule has 0 unspecified atom stereocenters. The molecule has 7 heteroatoms. The minimum Gasteiger partial charge on any atom is -0.443 e. The number of carbonyl (C=O) groups excluding carboxylic acids is 1. The van der Waals surface area contributed by atoms with Crippen LogP contribution in [0.2, 0.25) is 0 Å². The van der Waals surface area contributed by atoms with Crippen LogP contribution in [0.4, 0.5) is 18.0 Å². The van der Waals surface area contributed by atoms with Crippen LogP contribution < -0.4 is 5.32 Å². The molecule has 1 aromatic carbocycles. The van der Waals surface area contributed by atoms with E-state index in [1.54, 1.807) is 0 Å². The van der Waals surface area contributed by atoms with Gasteiger partial charge in [0, 0.05) is 0 Å². The highest BCUT2D eigenvalue weighted by Gasteiger charge is 2.46. The maximum absolute atomic E-state index is 13.5. The highest BCUT2D eigenvalue weighted by Crippen LogP contribution is 2.35. The van der Waals surface area contributed by atoms with Crippen molar-refractivity contribution in [1.82, 2.24) is 5.32 Å². The molecular formula is C10H7BrF3NO2. The number of carbonyl (C=O) groups is 1. The second-order valence-electron chi connectivity index (χ2n) is 3.59. The Kier molecular flexibility index (Phi) is 3.03. The number of alkyl halides is 2. The summed E-state index contributed by atoms with van der Waals surface area (Å²) in [6.45, 7) is -1.01. The van der Waals surface area contributed by atoms with Gasteiger partial charge in [-0.3, -0.25) is 0 Å². The van der Waals surface area contributed by atoms with Crippen molar-refractivity contribution in [2.75, 3.05) is 6.61 Å². The van der Waals surface area contributed by atoms with Crippen molar-refractivity contribution in [3.05, 3.63) is 34.1 Å². The van der Waals surface area contributed by atoms with Crippen molar-refractivity contribution in [2.45, 2.75) is 12.0 Å². The number of cyclic esters (lactones) is 1. The Morgan fingerprint density at radius 3 is 2.82 bits per heavy atom. The van der Waals surface area contributed by atoms with Crippen molar-refractivity contribution in [2.24, 2.45) is 0 Å². The second kappa shape index (κ2) is 4.21. The Labute approximate surface area is 103 Å². The van der Waals surface area contributed by atoms with Gasteiger partial charge in [-0.2, -0.15) is 0 Å². The van der Waals surface area contributed by atoms with Gasteiger partial charge in [0.05, 0.1) is 4.47 Å². The number of hydrogen-bond acceptors (Lipinski definition) is 2. The summed E-state index contributed by atoms with van der Waals surface area (Å²) in [6.07, 6.45) is -0.941. The Bertz CT molecular complexity index is 467. The van der Waals surface area contributed by atoms with E-state index in [-0.39, 0.29) is 10.0 Å². The lowest BCUT2D eigenvalue weighted by atomic mass is 10.00. The average molecular weight is 310 g/mol. The van der Waals surface area contributed by atoms with Gasteiger partial charge in [-0.25, -0.2) is 18.0 Å². The van der Waals surface area contributed by atoms with Gasteiger partial charge in [0.15, 0.2) is 6.61 Å². The highest BCUT2D eigenvalue weighted by molar-refractivity contribution is 9.10. The molecule has 0 aromatic heterocycles. The minimum atomic E-state index is -3.27. The lowest BCUT2D eigenvalue weighted by molar-refractivity contribution is -0.104. The van der Waals surface area contributed by atoms with E-state index in [4.69, 9.17) is 0 Å². The molecular weight excluding hydrogens is 303 g/mol. The van der Waals surface area contributed by atoms with Gasteiger partial charge in [-0.15, -0.1) is 0 Å². The zero-order valence-electron chi connectivity index (χ0n) is 8.34. The third-order valence-corrected chi connectivity index (χ3v) is 3.00. The third-order valence-electron chi connectivity index (χ3n) is 2.36. The summed E-state index contributed by atoms with van der Waals surface area (Å²) in [5.41, 5.74) is -0.00708. The lowest BCUT2D eigenvalue weighted by Gasteiger charge is -2.31. The maximum atomic E-state index is 13.5. The predicted molar refractivity (Wildman–Crippen MR) is 56.3 cm³/mol. The molecule has 0 aliphatic carbocycles. The van der Waals surface area contributed by atoms with Gasteiger partial charge in [-0.05, 0) is 33.6 Å². The molecule has 92 valence electrons. The van der Waals surface area contributed by atoms with Crippen LogP contribution in [0.15, 0.2) is 22.7 Å². The van der Waals surface area contributed by atoms with Crippen LogP contribution in [0.5, 0.6) is 0 Å². The van der Waals surface area contributed by atoms with Gasteiger partial charge in [-0.1, -0.05) is 6.07 Å². The number of amides is 1. The predicted octanol–water partition coefficient (Wildman–Crippen LogP) is 3.00. The van der Waals surface area contributed by atoms with E-state index >= 15 is 0 Å². The van der Waals surface area contributed by atoms with Gasteiger partial charge in [0.1, 0.15) is 11.9 Å². The molecule has 0 radical (unpaired) electrons. The number of nitrogens with one attached hydrogen (secondary N) is 1. The van der Waals surface area contributed by atoms with Gasteiger partial charge in [0.2, 0.25) is 0 Å². The summed E-state index contributed by atoms with van der Waals surface area (Å²) in [5.74, 6) is -3.94. The fourth-order valence-corrected chi connectivity index (χ4v) is 1.78. The SMILES string of the molecule is O=C1N[C@H](c2ccc(Br)c(F)c2)C(F)(F)CO1. The van der Waals surface area contributed by atoms with Crippen LogP contribution in [-0.4, -0.2) is 18.6 Å². The average Bonchev–Trinajstić information content (AvgIpc) is 2.26. The summed E-state index contributed by atoms with van der Waals surface area (Å²) < 4.78 is 44.6. The fraction of sp³-hybridized carbons (Fsp3) is 0.300. The van der Waals surface area contributed by atoms with Crippen molar-refractivity contribution in [3.8, 4) is 0 Å². The van der Waals surface area contributed by atoms with Crippen LogP contribution in [0.1, 0.15) is 11.6 Å². The topological polar surface area (TPSA) is 38.3 Å². The van der Waals surface area contributed by atoms with Crippen molar-refractivity contribution in [3.63, 3.8) is 0 Å². The second-order valence-corrected chi connectivity index (χ2v) is 4.44. The first-order valence-electron chi connectivity index (χ1n) is 4.66. The first-order chi connectivity index (χ1) is 7.90. The molecule has 0 saturated carbocycles. The zero-order valence-corrected chi connectivity index (χ0v) is 9.93. The maximum Gasteiger partial charge on any atom is 0.408 e. The molecule has 1 aromatic rings. The molecule has 1 saturated heterocycles. The van der Waals surface area contributed by atoms with E-state index in [9.17, 15) is 18.0 Å². The van der Waals surface area contributed by atoms with E-state index in [1.807, 2.05) is 5.32 Å². The van der Waals surface area contributed by atoms with E-state index < -0.39 is 30.5 Å². The fourth-order valence-electron chi connectivity index (χ4n) is 1.53. The molecule has 1 atom stereocenters. The van der Waals surface area contributed by atoms with Crippen molar-refractivity contribution < 1.29 is 22.7 Å². The molecule has 17 heavy (non-hydrogen) atoms. The Morgan fingerprint density at radius 2 is 2.18 bits per heavy atom. The molecule has 1 N–H and O–H groups in total. The lowest BCUT2D eigenvalue weighted by Crippen LogP contribution is -2.49. The summed E-state index contributed by atoms with van der Waals surface area (Å²) >= 11 is 2.92. The number of alkyl carbamates (subject to hydrolysis) is 1. The van der Waals surface area contributed by atoms with E-state index in [2.05, 4.69) is 20.7 Å². The summed E-state index contributed by atoms with van der Waals surface area (Å²) in [4.78, 5) is 10.9. The molecule has 3 nitrogen and oxygen atoms in total. The Morgan fingerprint density at radius 1 is 1.47 bits per heavy atom. The molecule has 1 aliphatic rings. The zero-order chi connectivity index (χ0) is 12.6. The standard InChI is InChI=1S/C10H7BrF3NO2/c11-6-2-1-5(3-7(6)12)8-10(13,14)4-17-9(16)15-8/h1-3,8H,4H2,(H,15,16)/t8-/m1/s1. The molecule has 1 aliphatic heterocycles. The molecule has 1 amide bonds. The van der Waals surface area contributed by atoms with E-state index in [0.29, 0.717) is 0 Å². The first-order valence-corrected chi connectivity index (χ1v) is 5.45. The Hall–Kier alpha value is -1.24. The monoisotopic (exact) mass is 309 g/mol. The molecule has 0 bridgehead atoms. The summed E-state index contributed by atoms with van der Waals surface area (Å²) in [7, 11) is 0. The normalized spacial score (nSPS) is 22.8. The highest BCUT2D eigenvalue weighted by atomic mass is 79.9. The smallest absolute Gasteiger partial charge is 0.408 e. The quantitative estimate of drug-likeness (QED) is 0.866. The van der Waals surface area contributed by atoms with Crippen LogP contribution in [-0.2, 0) is 4.74 Å². The largest absolute Gasteiger partial charge is 0.443 e. The van der Waals surface area contributed by atoms with Gasteiger partial charge < -0.3 is 10.1 Å². The van der Waals surface area contributed by atoms with Gasteiger partial charge >= 0.3 is 12.0 Å². The van der Waals surface area contributed by atoms with Crippen LogP contribution in [0.25, 0.3) is 0 Å². The van der Waals surface area contributed by atoms with Crippen LogP contribution in [0.3, 0.4) is 0 Å². The van der Waals surface area contributed by atoms with Crippen molar-refractivity contribution >= 4 is 22.0 Å². The number of rotatable bonds is 1. The third kappa shape index (κ3) is 2.38. The minimum absolute atomic E-state index is 0.00708. The molecule has 2 rings (SSSR count). The van der Waals surface area contributed by atoms with Crippen LogP contribution >= 0.6 is 15.9 Å². The molecule has 0 spiro atoms. The number of ether oxygens (including phenoxy) is 1. The first kappa shape index (κ1) is 12.2. The summed E-state index contributed by atoms with van der Waals surface area (Å²) in [5, 5.41) is 1.98. The molecule has 1 heterocycles. The Balaban J connectivity index is 2.36. The van der Waals surface area contributed by atoms with Crippen LogP contribution in [0, 0.1) is 5.82 Å². The summed E-state index contributed by atoms with van der Waals surface area (Å²) in [6, 6.07) is 2.00. The molecule has 1 fully saturated rings. The number of hydrogen-bond donors (Lipinski definition) is 1.